The predicted octanol–water partition coefficient (Wildman–Crippen LogP) is 1.81. The van der Waals surface area contributed by atoms with Gasteiger partial charge >= 0.3 is 0 Å². The summed E-state index contributed by atoms with van der Waals surface area (Å²) in [5.74, 6) is -3.07. The van der Waals surface area contributed by atoms with Crippen LogP contribution in [0.5, 0.6) is 0 Å². The molecule has 2 rings (SSSR count). The molecule has 0 bridgehead atoms. The summed E-state index contributed by atoms with van der Waals surface area (Å²) in [6, 6.07) is 5.48. The summed E-state index contributed by atoms with van der Waals surface area (Å²) >= 11 is 0. The van der Waals surface area contributed by atoms with E-state index in [1.807, 2.05) is 6.92 Å². The average Bonchev–Trinajstić information content (AvgIpc) is 2.56. The van der Waals surface area contributed by atoms with Crippen molar-refractivity contribution in [2.24, 2.45) is 0 Å². The molecule has 1 aromatic carbocycles. The molecule has 0 aliphatic carbocycles. The van der Waals surface area contributed by atoms with Gasteiger partial charge in [0, 0.05) is 18.9 Å². The molecule has 1 aromatic heterocycles. The second-order valence-corrected chi connectivity index (χ2v) is 5.27. The first kappa shape index (κ1) is 17.5. The molecule has 0 fully saturated rings. The molecular weight excluding hydrogens is 316 g/mol. The van der Waals surface area contributed by atoms with Crippen LogP contribution < -0.4 is 10.6 Å². The zero-order valence-electron chi connectivity index (χ0n) is 13.3. The molecule has 2 aromatic rings. The Kier molecular flexibility index (Phi) is 5.57. The number of amides is 2. The van der Waals surface area contributed by atoms with Crippen molar-refractivity contribution in [1.29, 1.82) is 0 Å². The lowest BCUT2D eigenvalue weighted by Crippen LogP contribution is -2.39. The van der Waals surface area contributed by atoms with Crippen molar-refractivity contribution in [3.05, 3.63) is 65.0 Å². The van der Waals surface area contributed by atoms with Crippen LogP contribution in [0.3, 0.4) is 0 Å². The number of halogens is 2. The van der Waals surface area contributed by atoms with E-state index in [4.69, 9.17) is 0 Å². The maximum Gasteiger partial charge on any atom is 0.246 e. The standard InChI is InChI=1S/C17H17F2N3O2/c1-10-3-4-11(9-21-10)7-15(23)22-16(17(24)20-2)12-5-6-13(18)14(19)8-12/h3-6,8-9,16H,7H2,1-2H3,(H,20,24)(H,22,23). The van der Waals surface area contributed by atoms with Crippen molar-refractivity contribution in [2.45, 2.75) is 19.4 Å². The van der Waals surface area contributed by atoms with Crippen molar-refractivity contribution >= 4 is 11.8 Å². The van der Waals surface area contributed by atoms with Gasteiger partial charge < -0.3 is 10.6 Å². The Hall–Kier alpha value is -2.83. The van der Waals surface area contributed by atoms with E-state index in [1.54, 1.807) is 18.3 Å². The molecule has 1 atom stereocenters. The van der Waals surface area contributed by atoms with Gasteiger partial charge in [0.2, 0.25) is 11.8 Å². The highest BCUT2D eigenvalue weighted by Crippen LogP contribution is 2.17. The van der Waals surface area contributed by atoms with Gasteiger partial charge in [-0.05, 0) is 36.2 Å². The molecule has 2 N–H and O–H groups in total. The number of rotatable bonds is 5. The van der Waals surface area contributed by atoms with Gasteiger partial charge in [0.05, 0.1) is 6.42 Å². The number of benzene rings is 1. The SMILES string of the molecule is CNC(=O)C(NC(=O)Cc1ccc(C)nc1)c1ccc(F)c(F)c1. The Bertz CT molecular complexity index is 748. The van der Waals surface area contributed by atoms with Crippen LogP contribution in [-0.2, 0) is 16.0 Å². The van der Waals surface area contributed by atoms with Gasteiger partial charge in [-0.3, -0.25) is 14.6 Å². The van der Waals surface area contributed by atoms with Crippen molar-refractivity contribution < 1.29 is 18.4 Å². The number of hydrogen-bond donors (Lipinski definition) is 2. The van der Waals surface area contributed by atoms with Gasteiger partial charge in [-0.15, -0.1) is 0 Å². The van der Waals surface area contributed by atoms with E-state index < -0.39 is 29.5 Å². The molecule has 1 unspecified atom stereocenters. The molecule has 0 saturated carbocycles. The number of likely N-dealkylation sites (N-methyl/N-ethyl adjacent to an activating group) is 1. The fourth-order valence-corrected chi connectivity index (χ4v) is 2.14. The maximum absolute atomic E-state index is 13.4. The molecule has 0 saturated heterocycles. The minimum Gasteiger partial charge on any atom is -0.357 e. The molecular formula is C17H17F2N3O2. The highest BCUT2D eigenvalue weighted by atomic mass is 19.2. The zero-order chi connectivity index (χ0) is 17.7. The second-order valence-electron chi connectivity index (χ2n) is 5.27. The van der Waals surface area contributed by atoms with Crippen LogP contribution in [0.1, 0.15) is 22.9 Å². The molecule has 7 heteroatoms. The van der Waals surface area contributed by atoms with Gasteiger partial charge in [-0.25, -0.2) is 8.78 Å². The van der Waals surface area contributed by atoms with Gasteiger partial charge in [-0.1, -0.05) is 12.1 Å². The zero-order valence-corrected chi connectivity index (χ0v) is 13.3. The number of nitrogens with one attached hydrogen (secondary N) is 2. The quantitative estimate of drug-likeness (QED) is 0.877. The molecule has 0 radical (unpaired) electrons. The van der Waals surface area contributed by atoms with Crippen LogP contribution >= 0.6 is 0 Å². The Labute approximate surface area is 138 Å². The molecule has 2 amide bonds. The second kappa shape index (κ2) is 7.63. The fraction of sp³-hybridized carbons (Fsp3) is 0.235. The first-order chi connectivity index (χ1) is 11.4. The van der Waals surface area contributed by atoms with Crippen LogP contribution in [0.2, 0.25) is 0 Å². The number of pyridine rings is 1. The summed E-state index contributed by atoms with van der Waals surface area (Å²) in [4.78, 5) is 28.2. The van der Waals surface area contributed by atoms with Crippen molar-refractivity contribution in [3.8, 4) is 0 Å². The Morgan fingerprint density at radius 1 is 1.17 bits per heavy atom. The fourth-order valence-electron chi connectivity index (χ4n) is 2.14. The van der Waals surface area contributed by atoms with Crippen molar-refractivity contribution in [3.63, 3.8) is 0 Å². The van der Waals surface area contributed by atoms with E-state index in [9.17, 15) is 18.4 Å². The summed E-state index contributed by atoms with van der Waals surface area (Å²) in [7, 11) is 1.39. The van der Waals surface area contributed by atoms with E-state index in [0.717, 1.165) is 17.8 Å². The number of aromatic nitrogens is 1. The van der Waals surface area contributed by atoms with Gasteiger partial charge in [0.1, 0.15) is 6.04 Å². The van der Waals surface area contributed by atoms with Crippen LogP contribution in [-0.4, -0.2) is 23.8 Å². The van der Waals surface area contributed by atoms with E-state index in [0.29, 0.717) is 5.56 Å². The van der Waals surface area contributed by atoms with Gasteiger partial charge in [0.25, 0.3) is 0 Å². The van der Waals surface area contributed by atoms with Crippen LogP contribution in [0.25, 0.3) is 0 Å². The smallest absolute Gasteiger partial charge is 0.246 e. The van der Waals surface area contributed by atoms with Crippen molar-refractivity contribution in [1.82, 2.24) is 15.6 Å². The Morgan fingerprint density at radius 3 is 2.50 bits per heavy atom. The molecule has 126 valence electrons. The minimum absolute atomic E-state index is 0.0183. The summed E-state index contributed by atoms with van der Waals surface area (Å²) in [6.45, 7) is 1.83. The number of aryl methyl sites for hydroxylation is 1. The van der Waals surface area contributed by atoms with E-state index >= 15 is 0 Å². The topological polar surface area (TPSA) is 71.1 Å². The summed E-state index contributed by atoms with van der Waals surface area (Å²) < 4.78 is 26.5. The predicted molar refractivity (Wildman–Crippen MR) is 84.0 cm³/mol. The Morgan fingerprint density at radius 2 is 1.92 bits per heavy atom. The van der Waals surface area contributed by atoms with Crippen LogP contribution in [0.15, 0.2) is 36.5 Å². The first-order valence-electron chi connectivity index (χ1n) is 7.28. The summed E-state index contributed by atoms with van der Waals surface area (Å²) in [6.07, 6.45) is 1.59. The van der Waals surface area contributed by atoms with E-state index in [-0.39, 0.29) is 12.0 Å². The number of carbonyl (C=O) groups is 2. The molecule has 24 heavy (non-hydrogen) atoms. The lowest BCUT2D eigenvalue weighted by molar-refractivity contribution is -0.128. The third-order valence-electron chi connectivity index (χ3n) is 3.43. The normalized spacial score (nSPS) is 11.7. The molecule has 1 heterocycles. The monoisotopic (exact) mass is 333 g/mol. The summed E-state index contributed by atoms with van der Waals surface area (Å²) in [5.41, 5.74) is 1.66. The first-order valence-corrected chi connectivity index (χ1v) is 7.28. The third-order valence-corrected chi connectivity index (χ3v) is 3.43. The highest BCUT2D eigenvalue weighted by molar-refractivity contribution is 5.89. The number of hydrogen-bond acceptors (Lipinski definition) is 3. The third kappa shape index (κ3) is 4.34. The number of nitrogens with zero attached hydrogens (tertiary/aromatic N) is 1. The van der Waals surface area contributed by atoms with Crippen LogP contribution in [0, 0.1) is 18.6 Å². The average molecular weight is 333 g/mol. The summed E-state index contributed by atoms with van der Waals surface area (Å²) in [5, 5.41) is 4.92. The lowest BCUT2D eigenvalue weighted by atomic mass is 10.0. The minimum atomic E-state index is -1.11. The lowest BCUT2D eigenvalue weighted by Gasteiger charge is -2.18. The molecule has 0 aliphatic heterocycles. The van der Waals surface area contributed by atoms with Crippen molar-refractivity contribution in [2.75, 3.05) is 7.05 Å². The molecule has 5 nitrogen and oxygen atoms in total. The van der Waals surface area contributed by atoms with Crippen LogP contribution in [0.4, 0.5) is 8.78 Å². The number of carbonyl (C=O) groups excluding carboxylic acids is 2. The van der Waals surface area contributed by atoms with E-state index in [1.165, 1.54) is 13.1 Å². The maximum atomic E-state index is 13.4. The Balaban J connectivity index is 2.16. The highest BCUT2D eigenvalue weighted by Gasteiger charge is 2.23. The van der Waals surface area contributed by atoms with Gasteiger partial charge in [-0.2, -0.15) is 0 Å². The molecule has 0 aliphatic rings. The molecule has 0 spiro atoms. The van der Waals surface area contributed by atoms with E-state index in [2.05, 4.69) is 15.6 Å². The largest absolute Gasteiger partial charge is 0.357 e. The van der Waals surface area contributed by atoms with Gasteiger partial charge in [0.15, 0.2) is 11.6 Å².